The van der Waals surface area contributed by atoms with Crippen molar-refractivity contribution in [3.05, 3.63) is 59.2 Å². The largest absolute Gasteiger partial charge is 0.508 e. The molecule has 6 heteroatoms. The summed E-state index contributed by atoms with van der Waals surface area (Å²) in [7, 11) is 0. The summed E-state index contributed by atoms with van der Waals surface area (Å²) in [5, 5.41) is 18.8. The predicted molar refractivity (Wildman–Crippen MR) is 121 cm³/mol. The predicted octanol–water partition coefficient (Wildman–Crippen LogP) is 6.32. The number of phenolic OH excluding ortho intramolecular Hbond substituents is 1. The minimum atomic E-state index is -2.82. The van der Waals surface area contributed by atoms with E-state index < -0.39 is 6.61 Å². The van der Waals surface area contributed by atoms with E-state index in [-0.39, 0.29) is 11.2 Å². The van der Waals surface area contributed by atoms with Crippen molar-refractivity contribution in [2.24, 2.45) is 27.5 Å². The molecule has 168 valence electrons. The minimum absolute atomic E-state index is 0.0852. The molecule has 2 saturated carbocycles. The molecule has 2 fully saturated rings. The maximum absolute atomic E-state index is 12.3. The standard InChI is InChI=1S/C26H28F2N2O2/c1-26-13-12-21-20-9-5-18(31)14-17(20)4-8-22(21)23(26)10-11-24(26)30-29-15-16-2-6-19(7-3-16)32-25(27)28/h2-3,5-7,9,14-15,21-23,25,31H,4,8,10-13H2,1H3/b29-15-,30-24-/t21-,22-,23-,26+/m1/s1. The molecular weight excluding hydrogens is 410 g/mol. The molecule has 1 N–H and O–H groups in total. The maximum atomic E-state index is 12.3. The number of rotatable bonds is 4. The van der Waals surface area contributed by atoms with Gasteiger partial charge in [0, 0.05) is 11.1 Å². The fourth-order valence-corrected chi connectivity index (χ4v) is 6.42. The zero-order valence-corrected chi connectivity index (χ0v) is 18.2. The van der Waals surface area contributed by atoms with Crippen molar-refractivity contribution in [3.8, 4) is 11.5 Å². The molecule has 0 saturated heterocycles. The molecule has 0 radical (unpaired) electrons. The summed E-state index contributed by atoms with van der Waals surface area (Å²) in [6.45, 7) is -0.463. The first-order chi connectivity index (χ1) is 15.4. The van der Waals surface area contributed by atoms with Gasteiger partial charge in [-0.1, -0.05) is 13.0 Å². The Hall–Kier alpha value is -2.76. The molecule has 5 rings (SSSR count). The normalized spacial score (nSPS) is 30.4. The second-order valence-electron chi connectivity index (χ2n) is 9.53. The highest BCUT2D eigenvalue weighted by atomic mass is 19.3. The molecule has 4 atom stereocenters. The number of hydrogen-bond donors (Lipinski definition) is 1. The summed E-state index contributed by atoms with van der Waals surface area (Å²) in [5.41, 5.74) is 4.82. The lowest BCUT2D eigenvalue weighted by molar-refractivity contribution is -0.0498. The van der Waals surface area contributed by atoms with Crippen LogP contribution in [0.2, 0.25) is 0 Å². The van der Waals surface area contributed by atoms with Crippen LogP contribution in [0.4, 0.5) is 8.78 Å². The third-order valence-electron chi connectivity index (χ3n) is 7.94. The summed E-state index contributed by atoms with van der Waals surface area (Å²) in [4.78, 5) is 0. The molecule has 4 nitrogen and oxygen atoms in total. The summed E-state index contributed by atoms with van der Waals surface area (Å²) in [5.74, 6) is 2.35. The van der Waals surface area contributed by atoms with E-state index in [1.54, 1.807) is 18.3 Å². The lowest BCUT2D eigenvalue weighted by Gasteiger charge is -2.49. The molecule has 0 aliphatic heterocycles. The van der Waals surface area contributed by atoms with Crippen LogP contribution in [0.5, 0.6) is 11.5 Å². The average molecular weight is 439 g/mol. The van der Waals surface area contributed by atoms with Gasteiger partial charge in [0.2, 0.25) is 0 Å². The highest BCUT2D eigenvalue weighted by Crippen LogP contribution is 2.60. The number of benzene rings is 2. The van der Waals surface area contributed by atoms with Gasteiger partial charge in [-0.15, -0.1) is 0 Å². The van der Waals surface area contributed by atoms with E-state index in [1.807, 2.05) is 12.1 Å². The zero-order chi connectivity index (χ0) is 22.3. The maximum Gasteiger partial charge on any atom is 0.387 e. The Kier molecular flexibility index (Phi) is 5.48. The van der Waals surface area contributed by atoms with Crippen molar-refractivity contribution in [1.82, 2.24) is 0 Å². The van der Waals surface area contributed by atoms with Crippen molar-refractivity contribution in [3.63, 3.8) is 0 Å². The van der Waals surface area contributed by atoms with Crippen LogP contribution < -0.4 is 4.74 Å². The summed E-state index contributed by atoms with van der Waals surface area (Å²) in [6.07, 6.45) is 8.25. The third-order valence-corrected chi connectivity index (χ3v) is 7.94. The van der Waals surface area contributed by atoms with Crippen LogP contribution >= 0.6 is 0 Å². The van der Waals surface area contributed by atoms with Crippen molar-refractivity contribution >= 4 is 11.9 Å². The number of alkyl halides is 2. The van der Waals surface area contributed by atoms with Crippen molar-refractivity contribution in [1.29, 1.82) is 0 Å². The molecule has 32 heavy (non-hydrogen) atoms. The number of nitrogens with zero attached hydrogens (tertiary/aromatic N) is 2. The van der Waals surface area contributed by atoms with Crippen LogP contribution in [0.15, 0.2) is 52.7 Å². The van der Waals surface area contributed by atoms with Gasteiger partial charge in [0.25, 0.3) is 0 Å². The van der Waals surface area contributed by atoms with Crippen molar-refractivity contribution in [2.75, 3.05) is 0 Å². The Morgan fingerprint density at radius 3 is 2.69 bits per heavy atom. The number of hydrogen-bond acceptors (Lipinski definition) is 4. The monoisotopic (exact) mass is 438 g/mol. The van der Waals surface area contributed by atoms with Gasteiger partial charge in [-0.05, 0) is 109 Å². The number of halogens is 2. The molecule has 0 unspecified atom stereocenters. The number of aromatic hydroxyl groups is 1. The molecule has 0 bridgehead atoms. The summed E-state index contributed by atoms with van der Waals surface area (Å²) in [6, 6.07) is 12.3. The number of aryl methyl sites for hydroxylation is 1. The van der Waals surface area contributed by atoms with E-state index in [9.17, 15) is 13.9 Å². The molecule has 0 amide bonds. The quantitative estimate of drug-likeness (QED) is 0.448. The van der Waals surface area contributed by atoms with E-state index in [0.29, 0.717) is 23.5 Å². The zero-order valence-electron chi connectivity index (χ0n) is 18.2. The minimum Gasteiger partial charge on any atom is -0.508 e. The Balaban J connectivity index is 1.31. The molecule has 0 spiro atoms. The second kappa shape index (κ2) is 8.30. The van der Waals surface area contributed by atoms with Gasteiger partial charge in [0.15, 0.2) is 0 Å². The molecule has 0 heterocycles. The van der Waals surface area contributed by atoms with Gasteiger partial charge in [-0.3, -0.25) is 0 Å². The molecule has 2 aromatic rings. The van der Waals surface area contributed by atoms with Gasteiger partial charge in [-0.2, -0.15) is 19.0 Å². The van der Waals surface area contributed by atoms with Crippen LogP contribution in [0.25, 0.3) is 0 Å². The fourth-order valence-electron chi connectivity index (χ4n) is 6.42. The number of ether oxygens (including phenoxy) is 1. The van der Waals surface area contributed by atoms with Gasteiger partial charge >= 0.3 is 6.61 Å². The third kappa shape index (κ3) is 3.80. The van der Waals surface area contributed by atoms with E-state index in [4.69, 9.17) is 0 Å². The van der Waals surface area contributed by atoms with Crippen molar-refractivity contribution in [2.45, 2.75) is 58.0 Å². The summed E-state index contributed by atoms with van der Waals surface area (Å²) < 4.78 is 29.0. The van der Waals surface area contributed by atoms with Crippen LogP contribution in [-0.2, 0) is 6.42 Å². The SMILES string of the molecule is C[C@]12CC[C@@H]3c4ccc(O)cc4CC[C@H]3[C@H]1CC/C2=N/N=C\c1ccc(OC(F)F)cc1. The van der Waals surface area contributed by atoms with Crippen LogP contribution in [0, 0.1) is 17.3 Å². The lowest BCUT2D eigenvalue weighted by atomic mass is 9.55. The first-order valence-corrected chi connectivity index (χ1v) is 11.4. The Morgan fingerprint density at radius 2 is 1.91 bits per heavy atom. The number of fused-ring (bicyclic) bond motifs is 5. The summed E-state index contributed by atoms with van der Waals surface area (Å²) >= 11 is 0. The van der Waals surface area contributed by atoms with Crippen LogP contribution in [0.1, 0.15) is 61.6 Å². The van der Waals surface area contributed by atoms with Gasteiger partial charge in [0.05, 0.1) is 6.21 Å². The first kappa shape index (κ1) is 21.1. The van der Waals surface area contributed by atoms with E-state index in [2.05, 4.69) is 27.9 Å². The highest BCUT2D eigenvalue weighted by molar-refractivity contribution is 5.93. The molecule has 0 aromatic heterocycles. The molecule has 3 aliphatic rings. The average Bonchev–Trinajstić information content (AvgIpc) is 3.10. The van der Waals surface area contributed by atoms with E-state index in [0.717, 1.165) is 37.7 Å². The van der Waals surface area contributed by atoms with Crippen molar-refractivity contribution < 1.29 is 18.6 Å². The van der Waals surface area contributed by atoms with E-state index in [1.165, 1.54) is 35.4 Å². The molecular formula is C26H28F2N2O2. The second-order valence-corrected chi connectivity index (χ2v) is 9.53. The van der Waals surface area contributed by atoms with Crippen LogP contribution in [-0.4, -0.2) is 23.6 Å². The van der Waals surface area contributed by atoms with Gasteiger partial charge in [0.1, 0.15) is 11.5 Å². The van der Waals surface area contributed by atoms with Gasteiger partial charge in [-0.25, -0.2) is 0 Å². The van der Waals surface area contributed by atoms with Crippen LogP contribution in [0.3, 0.4) is 0 Å². The Labute approximate surface area is 187 Å². The fraction of sp³-hybridized carbons (Fsp3) is 0.462. The first-order valence-electron chi connectivity index (χ1n) is 11.4. The Bertz CT molecular complexity index is 1050. The molecule has 2 aromatic carbocycles. The van der Waals surface area contributed by atoms with E-state index >= 15 is 0 Å². The molecule has 3 aliphatic carbocycles. The topological polar surface area (TPSA) is 54.2 Å². The smallest absolute Gasteiger partial charge is 0.387 e. The highest BCUT2D eigenvalue weighted by Gasteiger charge is 2.53. The lowest BCUT2D eigenvalue weighted by Crippen LogP contribution is -2.42. The van der Waals surface area contributed by atoms with Gasteiger partial charge < -0.3 is 9.84 Å². The number of phenols is 1. The Morgan fingerprint density at radius 1 is 1.09 bits per heavy atom.